The lowest BCUT2D eigenvalue weighted by Gasteiger charge is -2.39. The topological polar surface area (TPSA) is 41.6 Å². The number of carbonyl (C=O) groups excluding carboxylic acids is 1. The van der Waals surface area contributed by atoms with Gasteiger partial charge in [-0.2, -0.15) is 0 Å². The average molecular weight is 270 g/mol. The predicted molar refractivity (Wildman–Crippen MR) is 78.2 cm³/mol. The zero-order chi connectivity index (χ0) is 14.5. The van der Waals surface area contributed by atoms with Crippen LogP contribution in [0.25, 0.3) is 0 Å². The molecule has 112 valence electrons. The van der Waals surface area contributed by atoms with Crippen molar-refractivity contribution in [2.45, 2.75) is 52.5 Å². The van der Waals surface area contributed by atoms with Crippen molar-refractivity contribution in [1.82, 2.24) is 10.2 Å². The first-order valence-corrected chi connectivity index (χ1v) is 7.39. The van der Waals surface area contributed by atoms with E-state index < -0.39 is 5.54 Å². The lowest BCUT2D eigenvalue weighted by Crippen LogP contribution is -2.52. The van der Waals surface area contributed by atoms with Gasteiger partial charge in [0.2, 0.25) is 0 Å². The first-order chi connectivity index (χ1) is 8.83. The number of methoxy groups -OCH3 is 1. The molecule has 1 N–H and O–H groups in total. The third-order valence-electron chi connectivity index (χ3n) is 4.11. The second-order valence-corrected chi connectivity index (χ2v) is 6.65. The predicted octanol–water partition coefficient (Wildman–Crippen LogP) is 2.04. The van der Waals surface area contributed by atoms with E-state index in [4.69, 9.17) is 4.74 Å². The van der Waals surface area contributed by atoms with Gasteiger partial charge in [-0.25, -0.2) is 0 Å². The van der Waals surface area contributed by atoms with Crippen molar-refractivity contribution in [3.8, 4) is 0 Å². The molecule has 0 saturated carbocycles. The van der Waals surface area contributed by atoms with E-state index in [9.17, 15) is 4.79 Å². The molecule has 0 aromatic carbocycles. The summed E-state index contributed by atoms with van der Waals surface area (Å²) in [7, 11) is 1.46. The van der Waals surface area contributed by atoms with Gasteiger partial charge in [0.05, 0.1) is 7.11 Å². The highest BCUT2D eigenvalue weighted by atomic mass is 16.5. The minimum Gasteiger partial charge on any atom is -0.468 e. The molecule has 1 aliphatic rings. The number of rotatable bonds is 6. The number of hydrogen-bond donors (Lipinski definition) is 1. The van der Waals surface area contributed by atoms with E-state index in [1.54, 1.807) is 0 Å². The van der Waals surface area contributed by atoms with E-state index in [0.29, 0.717) is 5.41 Å². The van der Waals surface area contributed by atoms with Gasteiger partial charge in [-0.05, 0) is 44.7 Å². The second kappa shape index (κ2) is 6.71. The van der Waals surface area contributed by atoms with E-state index in [1.807, 2.05) is 13.8 Å². The monoisotopic (exact) mass is 270 g/mol. The molecule has 0 aromatic heterocycles. The van der Waals surface area contributed by atoms with E-state index in [0.717, 1.165) is 32.6 Å². The van der Waals surface area contributed by atoms with Gasteiger partial charge in [0.1, 0.15) is 5.54 Å². The molecule has 0 bridgehead atoms. The molecule has 1 unspecified atom stereocenters. The van der Waals surface area contributed by atoms with Crippen molar-refractivity contribution in [3.63, 3.8) is 0 Å². The Hall–Kier alpha value is -0.610. The Morgan fingerprint density at radius 1 is 1.47 bits per heavy atom. The van der Waals surface area contributed by atoms with Gasteiger partial charge in [-0.15, -0.1) is 0 Å². The molecule has 0 aliphatic carbocycles. The first kappa shape index (κ1) is 16.4. The molecule has 1 heterocycles. The number of nitrogens with zero attached hydrogens (tertiary/aromatic N) is 1. The van der Waals surface area contributed by atoms with Gasteiger partial charge < -0.3 is 15.0 Å². The average Bonchev–Trinajstić information content (AvgIpc) is 2.34. The summed E-state index contributed by atoms with van der Waals surface area (Å²) in [5, 5.41) is 3.27. The summed E-state index contributed by atoms with van der Waals surface area (Å²) < 4.78 is 4.93. The lowest BCUT2D eigenvalue weighted by molar-refractivity contribution is -0.148. The van der Waals surface area contributed by atoms with E-state index >= 15 is 0 Å². The van der Waals surface area contributed by atoms with Crippen LogP contribution >= 0.6 is 0 Å². The van der Waals surface area contributed by atoms with Gasteiger partial charge in [-0.1, -0.05) is 20.8 Å². The van der Waals surface area contributed by atoms with Crippen molar-refractivity contribution in [2.75, 3.05) is 33.3 Å². The maximum absolute atomic E-state index is 11.9. The van der Waals surface area contributed by atoms with Gasteiger partial charge in [0.25, 0.3) is 0 Å². The van der Waals surface area contributed by atoms with Gasteiger partial charge in [-0.3, -0.25) is 4.79 Å². The molecular weight excluding hydrogens is 240 g/mol. The molecule has 0 spiro atoms. The highest BCUT2D eigenvalue weighted by molar-refractivity contribution is 5.80. The molecule has 0 radical (unpaired) electrons. The van der Waals surface area contributed by atoms with Crippen LogP contribution in [-0.4, -0.2) is 49.7 Å². The molecule has 1 rings (SSSR count). The van der Waals surface area contributed by atoms with Crippen LogP contribution in [-0.2, 0) is 9.53 Å². The van der Waals surface area contributed by atoms with Crippen LogP contribution in [0.3, 0.4) is 0 Å². The summed E-state index contributed by atoms with van der Waals surface area (Å²) in [5.74, 6) is -0.161. The Labute approximate surface area is 117 Å². The van der Waals surface area contributed by atoms with Crippen molar-refractivity contribution in [3.05, 3.63) is 0 Å². The first-order valence-electron chi connectivity index (χ1n) is 7.39. The summed E-state index contributed by atoms with van der Waals surface area (Å²) in [5.41, 5.74) is -0.164. The fourth-order valence-corrected chi connectivity index (χ4v) is 3.00. The Morgan fingerprint density at radius 3 is 2.68 bits per heavy atom. The summed E-state index contributed by atoms with van der Waals surface area (Å²) in [6.07, 6.45) is 3.34. The largest absolute Gasteiger partial charge is 0.468 e. The van der Waals surface area contributed by atoms with Crippen LogP contribution in [0.4, 0.5) is 0 Å². The van der Waals surface area contributed by atoms with Crippen molar-refractivity contribution < 1.29 is 9.53 Å². The van der Waals surface area contributed by atoms with Gasteiger partial charge in [0.15, 0.2) is 0 Å². The van der Waals surface area contributed by atoms with Crippen LogP contribution in [0.5, 0.6) is 0 Å². The number of esters is 1. The standard InChI is InChI=1S/C15H30N2O2/c1-6-16-15(4,13(18)19-5)9-11-17-10-7-8-14(2,3)12-17/h16H,6-12H2,1-5H3. The molecular formula is C15H30N2O2. The Morgan fingerprint density at radius 2 is 2.16 bits per heavy atom. The van der Waals surface area contributed by atoms with E-state index in [1.165, 1.54) is 20.0 Å². The van der Waals surface area contributed by atoms with Crippen LogP contribution in [0.1, 0.15) is 47.0 Å². The van der Waals surface area contributed by atoms with Gasteiger partial charge >= 0.3 is 5.97 Å². The van der Waals surface area contributed by atoms with Crippen molar-refractivity contribution in [1.29, 1.82) is 0 Å². The molecule has 1 atom stereocenters. The van der Waals surface area contributed by atoms with Crippen molar-refractivity contribution in [2.24, 2.45) is 5.41 Å². The van der Waals surface area contributed by atoms with Crippen molar-refractivity contribution >= 4 is 5.97 Å². The minimum atomic E-state index is -0.564. The van der Waals surface area contributed by atoms with E-state index in [2.05, 4.69) is 24.1 Å². The SMILES string of the molecule is CCNC(C)(CCN1CCCC(C)(C)C1)C(=O)OC. The zero-order valence-corrected chi connectivity index (χ0v) is 13.2. The number of likely N-dealkylation sites (N-methyl/N-ethyl adjacent to an activating group) is 1. The third-order valence-corrected chi connectivity index (χ3v) is 4.11. The summed E-state index contributed by atoms with van der Waals surface area (Å²) >= 11 is 0. The summed E-state index contributed by atoms with van der Waals surface area (Å²) in [6, 6.07) is 0. The maximum atomic E-state index is 11.9. The number of carbonyl (C=O) groups is 1. The number of hydrogen-bond acceptors (Lipinski definition) is 4. The third kappa shape index (κ3) is 4.77. The Bertz CT molecular complexity index is 305. The Balaban J connectivity index is 2.54. The van der Waals surface area contributed by atoms with Crippen LogP contribution in [0, 0.1) is 5.41 Å². The molecule has 1 aliphatic heterocycles. The molecule has 4 nitrogen and oxygen atoms in total. The molecule has 1 fully saturated rings. The lowest BCUT2D eigenvalue weighted by atomic mass is 9.84. The highest BCUT2D eigenvalue weighted by Gasteiger charge is 2.34. The fraction of sp³-hybridized carbons (Fsp3) is 0.933. The van der Waals surface area contributed by atoms with Crippen LogP contribution < -0.4 is 5.32 Å². The number of nitrogens with one attached hydrogen (secondary N) is 1. The molecule has 19 heavy (non-hydrogen) atoms. The molecule has 4 heteroatoms. The Kier molecular flexibility index (Phi) is 5.81. The maximum Gasteiger partial charge on any atom is 0.325 e. The van der Waals surface area contributed by atoms with Crippen LogP contribution in [0.2, 0.25) is 0 Å². The number of piperidine rings is 1. The van der Waals surface area contributed by atoms with Crippen LogP contribution in [0.15, 0.2) is 0 Å². The normalized spacial score (nSPS) is 22.8. The molecule has 0 aromatic rings. The van der Waals surface area contributed by atoms with Gasteiger partial charge in [0, 0.05) is 13.1 Å². The number of likely N-dealkylation sites (tertiary alicyclic amines) is 1. The quantitative estimate of drug-likeness (QED) is 0.750. The highest BCUT2D eigenvalue weighted by Crippen LogP contribution is 2.28. The van der Waals surface area contributed by atoms with E-state index in [-0.39, 0.29) is 5.97 Å². The zero-order valence-electron chi connectivity index (χ0n) is 13.2. The molecule has 0 amide bonds. The summed E-state index contributed by atoms with van der Waals surface area (Å²) in [4.78, 5) is 14.4. The fourth-order valence-electron chi connectivity index (χ4n) is 3.00. The minimum absolute atomic E-state index is 0.161. The number of ether oxygens (including phenoxy) is 1. The second-order valence-electron chi connectivity index (χ2n) is 6.65. The smallest absolute Gasteiger partial charge is 0.325 e. The molecule has 1 saturated heterocycles. The summed E-state index contributed by atoms with van der Waals surface area (Å²) in [6.45, 7) is 12.6.